The molecular weight excluding hydrogens is 278 g/mol. The number of carbonyl (C=O) groups is 2. The third-order valence-electron chi connectivity index (χ3n) is 2.59. The van der Waals surface area contributed by atoms with Crippen LogP contribution in [0, 0.1) is 0 Å². The van der Waals surface area contributed by atoms with E-state index >= 15 is 0 Å². The minimum Gasteiger partial charge on any atom is -0.267 e. The number of amides is 2. The van der Waals surface area contributed by atoms with E-state index in [0.717, 1.165) is 5.01 Å². The zero-order chi connectivity index (χ0) is 14.5. The van der Waals surface area contributed by atoms with Crippen LogP contribution in [0.4, 0.5) is 0 Å². The summed E-state index contributed by atoms with van der Waals surface area (Å²) in [7, 11) is 1.48. The SMILES string of the molecule is CN(NC(=O)c1cccc(Cl)c1)C(=O)c1ccncc1. The van der Waals surface area contributed by atoms with Crippen molar-refractivity contribution < 1.29 is 9.59 Å². The number of hydrazine groups is 1. The van der Waals surface area contributed by atoms with Crippen molar-refractivity contribution in [2.45, 2.75) is 0 Å². The third-order valence-corrected chi connectivity index (χ3v) is 2.82. The predicted octanol–water partition coefficient (Wildman–Crippen LogP) is 2.15. The fourth-order valence-corrected chi connectivity index (χ4v) is 1.78. The van der Waals surface area contributed by atoms with Gasteiger partial charge in [0, 0.05) is 35.6 Å². The van der Waals surface area contributed by atoms with Crippen LogP contribution in [0.15, 0.2) is 48.8 Å². The van der Waals surface area contributed by atoms with Crippen molar-refractivity contribution in [2.75, 3.05) is 7.05 Å². The fourth-order valence-electron chi connectivity index (χ4n) is 1.59. The highest BCUT2D eigenvalue weighted by atomic mass is 35.5. The molecule has 0 radical (unpaired) electrons. The van der Waals surface area contributed by atoms with Crippen LogP contribution < -0.4 is 5.43 Å². The summed E-state index contributed by atoms with van der Waals surface area (Å²) in [5.41, 5.74) is 3.31. The summed E-state index contributed by atoms with van der Waals surface area (Å²) in [4.78, 5) is 27.8. The average Bonchev–Trinajstić information content (AvgIpc) is 2.47. The second-order valence-electron chi connectivity index (χ2n) is 4.05. The van der Waals surface area contributed by atoms with Crippen LogP contribution in [-0.2, 0) is 0 Å². The zero-order valence-corrected chi connectivity index (χ0v) is 11.5. The molecule has 2 rings (SSSR count). The highest BCUT2D eigenvalue weighted by Gasteiger charge is 2.15. The monoisotopic (exact) mass is 289 g/mol. The first-order valence-corrected chi connectivity index (χ1v) is 6.20. The second-order valence-corrected chi connectivity index (χ2v) is 4.49. The van der Waals surface area contributed by atoms with Gasteiger partial charge in [-0.25, -0.2) is 0 Å². The molecule has 2 amide bonds. The van der Waals surface area contributed by atoms with Crippen molar-refractivity contribution in [3.05, 3.63) is 64.9 Å². The van der Waals surface area contributed by atoms with Gasteiger partial charge in [-0.15, -0.1) is 0 Å². The number of rotatable bonds is 2. The summed E-state index contributed by atoms with van der Waals surface area (Å²) < 4.78 is 0. The van der Waals surface area contributed by atoms with Crippen LogP contribution in [0.2, 0.25) is 5.02 Å². The van der Waals surface area contributed by atoms with Crippen LogP contribution in [0.5, 0.6) is 0 Å². The molecular formula is C14H12ClN3O2. The lowest BCUT2D eigenvalue weighted by atomic mass is 10.2. The molecule has 0 atom stereocenters. The Balaban J connectivity index is 2.06. The molecule has 0 aliphatic heterocycles. The summed E-state index contributed by atoms with van der Waals surface area (Å²) in [5.74, 6) is -0.736. The number of nitrogens with zero attached hydrogens (tertiary/aromatic N) is 2. The Bertz CT molecular complexity index is 631. The van der Waals surface area contributed by atoms with Gasteiger partial charge in [-0.1, -0.05) is 17.7 Å². The van der Waals surface area contributed by atoms with E-state index in [2.05, 4.69) is 10.4 Å². The predicted molar refractivity (Wildman–Crippen MR) is 75.2 cm³/mol. The van der Waals surface area contributed by atoms with Gasteiger partial charge in [0.05, 0.1) is 0 Å². The van der Waals surface area contributed by atoms with Crippen LogP contribution in [-0.4, -0.2) is 28.9 Å². The van der Waals surface area contributed by atoms with Gasteiger partial charge in [0.2, 0.25) is 0 Å². The molecule has 1 heterocycles. The highest BCUT2D eigenvalue weighted by Crippen LogP contribution is 2.10. The van der Waals surface area contributed by atoms with Gasteiger partial charge in [-0.2, -0.15) is 0 Å². The number of pyridine rings is 1. The van der Waals surface area contributed by atoms with Crippen LogP contribution in [0.1, 0.15) is 20.7 Å². The molecule has 20 heavy (non-hydrogen) atoms. The lowest BCUT2D eigenvalue weighted by Crippen LogP contribution is -2.43. The smallest absolute Gasteiger partial charge is 0.267 e. The maximum Gasteiger partial charge on any atom is 0.272 e. The molecule has 1 aromatic carbocycles. The fraction of sp³-hybridized carbons (Fsp3) is 0.0714. The number of nitrogens with one attached hydrogen (secondary N) is 1. The molecule has 1 N–H and O–H groups in total. The maximum absolute atomic E-state index is 12.0. The van der Waals surface area contributed by atoms with E-state index in [1.165, 1.54) is 25.5 Å². The molecule has 0 aliphatic carbocycles. The molecule has 2 aromatic rings. The second kappa shape index (κ2) is 6.16. The van der Waals surface area contributed by atoms with Crippen molar-refractivity contribution in [1.29, 1.82) is 0 Å². The minimum absolute atomic E-state index is 0.331. The van der Waals surface area contributed by atoms with Crippen LogP contribution in [0.25, 0.3) is 0 Å². The first-order valence-electron chi connectivity index (χ1n) is 5.82. The molecule has 0 unspecified atom stereocenters. The number of hydrogen-bond acceptors (Lipinski definition) is 3. The quantitative estimate of drug-likeness (QED) is 0.862. The molecule has 102 valence electrons. The van der Waals surface area contributed by atoms with Gasteiger partial charge < -0.3 is 0 Å². The van der Waals surface area contributed by atoms with E-state index < -0.39 is 5.91 Å². The van der Waals surface area contributed by atoms with Gasteiger partial charge in [0.1, 0.15) is 0 Å². The molecule has 0 saturated heterocycles. The van der Waals surface area contributed by atoms with Crippen molar-refractivity contribution in [3.8, 4) is 0 Å². The molecule has 0 aliphatic rings. The number of hydrogen-bond donors (Lipinski definition) is 1. The molecule has 0 spiro atoms. The summed E-state index contributed by atoms with van der Waals surface area (Å²) >= 11 is 5.82. The summed E-state index contributed by atoms with van der Waals surface area (Å²) in [6.45, 7) is 0. The lowest BCUT2D eigenvalue weighted by Gasteiger charge is -2.18. The number of carbonyl (C=O) groups excluding carboxylic acids is 2. The largest absolute Gasteiger partial charge is 0.272 e. The molecule has 1 aromatic heterocycles. The highest BCUT2D eigenvalue weighted by molar-refractivity contribution is 6.30. The zero-order valence-electron chi connectivity index (χ0n) is 10.7. The van der Waals surface area contributed by atoms with E-state index in [9.17, 15) is 9.59 Å². The maximum atomic E-state index is 12.0. The summed E-state index contributed by atoms with van der Waals surface area (Å²) in [5, 5.41) is 1.58. The summed E-state index contributed by atoms with van der Waals surface area (Å²) in [6, 6.07) is 9.63. The van der Waals surface area contributed by atoms with E-state index in [4.69, 9.17) is 11.6 Å². The van der Waals surface area contributed by atoms with E-state index in [1.807, 2.05) is 0 Å². The minimum atomic E-state index is -0.405. The van der Waals surface area contributed by atoms with E-state index in [-0.39, 0.29) is 5.91 Å². The van der Waals surface area contributed by atoms with Crippen LogP contribution >= 0.6 is 11.6 Å². The molecule has 0 fully saturated rings. The first-order chi connectivity index (χ1) is 9.58. The number of benzene rings is 1. The van der Waals surface area contributed by atoms with Crippen molar-refractivity contribution in [1.82, 2.24) is 15.4 Å². The third kappa shape index (κ3) is 3.33. The van der Waals surface area contributed by atoms with Gasteiger partial charge in [-0.05, 0) is 30.3 Å². The van der Waals surface area contributed by atoms with Gasteiger partial charge in [0.15, 0.2) is 0 Å². The van der Waals surface area contributed by atoms with Crippen LogP contribution in [0.3, 0.4) is 0 Å². The Labute approximate surface area is 121 Å². The Morgan fingerprint density at radius 3 is 2.50 bits per heavy atom. The number of halogens is 1. The first kappa shape index (κ1) is 14.0. The Hall–Kier alpha value is -2.40. The Morgan fingerprint density at radius 1 is 1.15 bits per heavy atom. The van der Waals surface area contributed by atoms with Gasteiger partial charge in [0.25, 0.3) is 11.8 Å². The normalized spacial score (nSPS) is 9.90. The van der Waals surface area contributed by atoms with Crippen molar-refractivity contribution in [2.24, 2.45) is 0 Å². The average molecular weight is 290 g/mol. The van der Waals surface area contributed by atoms with E-state index in [0.29, 0.717) is 16.1 Å². The van der Waals surface area contributed by atoms with Gasteiger partial charge >= 0.3 is 0 Å². The molecule has 0 bridgehead atoms. The van der Waals surface area contributed by atoms with Crippen molar-refractivity contribution in [3.63, 3.8) is 0 Å². The molecule has 5 nitrogen and oxygen atoms in total. The van der Waals surface area contributed by atoms with Crippen molar-refractivity contribution >= 4 is 23.4 Å². The topological polar surface area (TPSA) is 62.3 Å². The standard InChI is InChI=1S/C14H12ClN3O2/c1-18(14(20)10-5-7-16-8-6-10)17-13(19)11-3-2-4-12(15)9-11/h2-9H,1H3,(H,17,19). The van der Waals surface area contributed by atoms with Gasteiger partial charge in [-0.3, -0.25) is 25.0 Å². The molecule has 6 heteroatoms. The molecule has 0 saturated carbocycles. The summed E-state index contributed by atoms with van der Waals surface area (Å²) in [6.07, 6.45) is 3.03. The number of aromatic nitrogens is 1. The Kier molecular flexibility index (Phi) is 4.32. The lowest BCUT2D eigenvalue weighted by molar-refractivity contribution is 0.0636. The van der Waals surface area contributed by atoms with E-state index in [1.54, 1.807) is 30.3 Å². The Morgan fingerprint density at radius 2 is 1.85 bits per heavy atom.